The van der Waals surface area contributed by atoms with Crippen LogP contribution >= 0.6 is 0 Å². The van der Waals surface area contributed by atoms with E-state index in [2.05, 4.69) is 50.8 Å². The first-order chi connectivity index (χ1) is 23.3. The molecule has 8 rings (SSSR count). The highest BCUT2D eigenvalue weighted by molar-refractivity contribution is 6.07. The van der Waals surface area contributed by atoms with Crippen LogP contribution in [0, 0.1) is 0 Å². The lowest BCUT2D eigenvalue weighted by Crippen LogP contribution is -2.55. The predicted octanol–water partition coefficient (Wildman–Crippen LogP) is 7.65. The Balaban J connectivity index is 1.12. The van der Waals surface area contributed by atoms with Crippen LogP contribution < -0.4 is 16.0 Å². The highest BCUT2D eigenvalue weighted by Crippen LogP contribution is 2.46. The highest BCUT2D eigenvalue weighted by atomic mass is 16.4. The Hall–Kier alpha value is -5.05. The van der Waals surface area contributed by atoms with Crippen LogP contribution in [0.5, 0.6) is 0 Å². The lowest BCUT2D eigenvalue weighted by Gasteiger charge is -2.29. The fraction of sp³-hybridized carbons (Fsp3) is 0.359. The zero-order valence-corrected chi connectivity index (χ0v) is 27.3. The van der Waals surface area contributed by atoms with E-state index in [4.69, 9.17) is 0 Å². The number of amides is 2. The molecule has 2 amide bonds. The number of carbonyl (C=O) groups excluding carboxylic acids is 2. The van der Waals surface area contributed by atoms with Gasteiger partial charge in [0.15, 0.2) is 0 Å². The molecule has 3 aliphatic rings. The van der Waals surface area contributed by atoms with E-state index in [-0.39, 0.29) is 17.5 Å². The number of aromatic nitrogens is 2. The number of nitrogens with zero attached hydrogens (tertiary/aromatic N) is 2. The summed E-state index contributed by atoms with van der Waals surface area (Å²) in [5.41, 5.74) is 7.14. The normalized spacial score (nSPS) is 17.4. The van der Waals surface area contributed by atoms with Gasteiger partial charge < -0.3 is 30.2 Å². The molecule has 0 spiro atoms. The first kappa shape index (κ1) is 30.3. The summed E-state index contributed by atoms with van der Waals surface area (Å²) in [4.78, 5) is 39.6. The standard InChI is InChI=1S/C39H41N5O4/c1-43-31-16-14-27(21-26(31)23-33(43)37(46)47)41-38(48)39(17-7-8-18-39)42-36(45)25-13-15-29-32(22-25)44-20-19-40-30-12-6-5-11-28(30)35(44)34(29)24-9-3-2-4-10-24/h5-6,11-16,21-24,40H,2-4,7-10,17-20H2,1H3,(H,41,48)(H,42,45)(H,46,47). The molecule has 3 heterocycles. The molecule has 1 aliphatic heterocycles. The van der Waals surface area contributed by atoms with Crippen LogP contribution in [-0.4, -0.2) is 44.1 Å². The van der Waals surface area contributed by atoms with Crippen molar-refractivity contribution >= 4 is 51.0 Å². The maximum absolute atomic E-state index is 14.1. The molecule has 3 aromatic carbocycles. The van der Waals surface area contributed by atoms with E-state index in [9.17, 15) is 19.5 Å². The molecule has 48 heavy (non-hydrogen) atoms. The Bertz CT molecular complexity index is 2090. The van der Waals surface area contributed by atoms with Crippen molar-refractivity contribution in [3.8, 4) is 11.3 Å². The molecule has 9 heteroatoms. The summed E-state index contributed by atoms with van der Waals surface area (Å²) in [6.45, 7) is 1.59. The number of rotatable bonds is 6. The Morgan fingerprint density at radius 1 is 0.896 bits per heavy atom. The maximum atomic E-state index is 14.1. The summed E-state index contributed by atoms with van der Waals surface area (Å²) < 4.78 is 4.03. The molecule has 5 aromatic rings. The Morgan fingerprint density at radius 3 is 2.48 bits per heavy atom. The summed E-state index contributed by atoms with van der Waals surface area (Å²) in [5, 5.41) is 21.3. The van der Waals surface area contributed by atoms with Gasteiger partial charge >= 0.3 is 5.97 Å². The second-order valence-corrected chi connectivity index (χ2v) is 13.8. The zero-order chi connectivity index (χ0) is 33.0. The molecule has 2 saturated carbocycles. The number of carboxylic acid groups (broad SMARTS) is 1. The number of para-hydroxylation sites is 1. The molecule has 0 atom stereocenters. The van der Waals surface area contributed by atoms with Gasteiger partial charge in [0.2, 0.25) is 5.91 Å². The van der Waals surface area contributed by atoms with Gasteiger partial charge in [-0.05, 0) is 79.6 Å². The number of carboxylic acids is 1. The molecule has 2 aromatic heterocycles. The van der Waals surface area contributed by atoms with E-state index in [0.29, 0.717) is 30.0 Å². The third-order valence-corrected chi connectivity index (χ3v) is 11.0. The van der Waals surface area contributed by atoms with Gasteiger partial charge in [-0.3, -0.25) is 9.59 Å². The molecule has 2 aliphatic carbocycles. The van der Waals surface area contributed by atoms with Gasteiger partial charge in [0.05, 0.1) is 5.69 Å². The third kappa shape index (κ3) is 5.03. The van der Waals surface area contributed by atoms with E-state index >= 15 is 0 Å². The average Bonchev–Trinajstić information content (AvgIpc) is 3.76. The van der Waals surface area contributed by atoms with E-state index in [1.807, 2.05) is 18.2 Å². The van der Waals surface area contributed by atoms with Crippen molar-refractivity contribution in [2.45, 2.75) is 75.8 Å². The number of fused-ring (bicyclic) bond motifs is 6. The number of hydrogen-bond acceptors (Lipinski definition) is 4. The summed E-state index contributed by atoms with van der Waals surface area (Å²) in [7, 11) is 1.71. The Kier molecular flexibility index (Phi) is 7.50. The summed E-state index contributed by atoms with van der Waals surface area (Å²) in [5.74, 6) is -1.02. The molecule has 4 N–H and O–H groups in total. The van der Waals surface area contributed by atoms with Gasteiger partial charge in [-0.2, -0.15) is 0 Å². The summed E-state index contributed by atoms with van der Waals surface area (Å²) in [6.07, 6.45) is 8.92. The molecule has 0 unspecified atom stereocenters. The highest BCUT2D eigenvalue weighted by Gasteiger charge is 2.43. The van der Waals surface area contributed by atoms with Crippen LogP contribution in [-0.2, 0) is 18.4 Å². The number of nitrogens with one attached hydrogen (secondary N) is 3. The van der Waals surface area contributed by atoms with Gasteiger partial charge in [0, 0.05) is 64.4 Å². The second kappa shape index (κ2) is 11.9. The lowest BCUT2D eigenvalue weighted by atomic mass is 9.81. The van der Waals surface area contributed by atoms with Crippen LogP contribution in [0.1, 0.15) is 90.1 Å². The lowest BCUT2D eigenvalue weighted by molar-refractivity contribution is -0.122. The largest absolute Gasteiger partial charge is 0.477 e. The van der Waals surface area contributed by atoms with E-state index < -0.39 is 11.5 Å². The molecule has 0 bridgehead atoms. The average molecular weight is 644 g/mol. The summed E-state index contributed by atoms with van der Waals surface area (Å²) in [6, 6.07) is 21.6. The quantitative estimate of drug-likeness (QED) is 0.152. The van der Waals surface area contributed by atoms with Crippen LogP contribution in [0.4, 0.5) is 11.4 Å². The van der Waals surface area contributed by atoms with Crippen LogP contribution in [0.3, 0.4) is 0 Å². The Labute approximate surface area is 279 Å². The maximum Gasteiger partial charge on any atom is 0.352 e. The van der Waals surface area contributed by atoms with Crippen LogP contribution in [0.2, 0.25) is 0 Å². The number of aryl methyl sites for hydroxylation is 1. The van der Waals surface area contributed by atoms with Gasteiger partial charge in [-0.25, -0.2) is 4.79 Å². The first-order valence-corrected chi connectivity index (χ1v) is 17.3. The second-order valence-electron chi connectivity index (χ2n) is 13.8. The van der Waals surface area contributed by atoms with E-state index in [1.165, 1.54) is 54.3 Å². The van der Waals surface area contributed by atoms with Crippen LogP contribution in [0.25, 0.3) is 33.1 Å². The van der Waals surface area contributed by atoms with Gasteiger partial charge in [0.1, 0.15) is 11.2 Å². The minimum Gasteiger partial charge on any atom is -0.477 e. The topological polar surface area (TPSA) is 117 Å². The minimum absolute atomic E-state index is 0.177. The Morgan fingerprint density at radius 2 is 1.69 bits per heavy atom. The first-order valence-electron chi connectivity index (χ1n) is 17.3. The molecule has 0 radical (unpaired) electrons. The van der Waals surface area contributed by atoms with Crippen molar-refractivity contribution in [1.82, 2.24) is 14.5 Å². The van der Waals surface area contributed by atoms with Crippen molar-refractivity contribution in [2.24, 2.45) is 7.05 Å². The number of aromatic carboxylic acids is 1. The number of anilines is 2. The minimum atomic E-state index is -1.03. The molecule has 9 nitrogen and oxygen atoms in total. The predicted molar refractivity (Wildman–Crippen MR) is 189 cm³/mol. The van der Waals surface area contributed by atoms with Gasteiger partial charge in [-0.15, -0.1) is 0 Å². The number of carbonyl (C=O) groups is 3. The van der Waals surface area contributed by atoms with Crippen molar-refractivity contribution in [3.05, 3.63) is 83.6 Å². The fourth-order valence-electron chi connectivity index (χ4n) is 8.55. The third-order valence-electron chi connectivity index (χ3n) is 11.0. The molecule has 246 valence electrons. The fourth-order valence-corrected chi connectivity index (χ4v) is 8.55. The molecular formula is C39H41N5O4. The van der Waals surface area contributed by atoms with E-state index in [0.717, 1.165) is 48.0 Å². The van der Waals surface area contributed by atoms with Crippen molar-refractivity contribution in [2.75, 3.05) is 17.2 Å². The number of benzene rings is 3. The van der Waals surface area contributed by atoms with Crippen molar-refractivity contribution < 1.29 is 19.5 Å². The molecule has 2 fully saturated rings. The van der Waals surface area contributed by atoms with Crippen LogP contribution in [0.15, 0.2) is 66.7 Å². The zero-order valence-electron chi connectivity index (χ0n) is 27.3. The number of hydrogen-bond donors (Lipinski definition) is 4. The SMILES string of the molecule is Cn1c(C(=O)O)cc2cc(NC(=O)C3(NC(=O)c4ccc5c(C6CCCCC6)c6n(c5c4)CCNc4ccccc4-6)CCCC3)ccc21. The monoisotopic (exact) mass is 643 g/mol. The molecule has 0 saturated heterocycles. The smallest absolute Gasteiger partial charge is 0.352 e. The summed E-state index contributed by atoms with van der Waals surface area (Å²) >= 11 is 0. The van der Waals surface area contributed by atoms with E-state index in [1.54, 1.807) is 29.8 Å². The van der Waals surface area contributed by atoms with Crippen molar-refractivity contribution in [3.63, 3.8) is 0 Å². The molecular weight excluding hydrogens is 602 g/mol. The van der Waals surface area contributed by atoms with Gasteiger partial charge in [-0.1, -0.05) is 56.4 Å². The van der Waals surface area contributed by atoms with Gasteiger partial charge in [0.25, 0.3) is 5.91 Å². The van der Waals surface area contributed by atoms with Crippen molar-refractivity contribution in [1.29, 1.82) is 0 Å².